The molecule has 1 heterocycles. The number of rotatable bonds is 7. The number of sulfonamides is 1. The Bertz CT molecular complexity index is 1270. The van der Waals surface area contributed by atoms with Crippen LogP contribution in [0.2, 0.25) is 0 Å². The Kier molecular flexibility index (Phi) is 6.93. The maximum atomic E-state index is 13.4. The molecular formula is C25H32N2O4S. The van der Waals surface area contributed by atoms with Gasteiger partial charge in [0.15, 0.2) is 0 Å². The first kappa shape index (κ1) is 24.2. The zero-order valence-electron chi connectivity index (χ0n) is 19.4. The molecule has 0 bridgehead atoms. The van der Waals surface area contributed by atoms with E-state index >= 15 is 0 Å². The number of fused-ring (bicyclic) bond motifs is 1. The normalized spacial score (nSPS) is 12.6. The van der Waals surface area contributed by atoms with Crippen LogP contribution in [0.5, 0.6) is 0 Å². The number of benzene rings is 2. The van der Waals surface area contributed by atoms with Gasteiger partial charge >= 0.3 is 0 Å². The number of pyridine rings is 1. The van der Waals surface area contributed by atoms with Crippen molar-refractivity contribution in [3.63, 3.8) is 0 Å². The fourth-order valence-electron chi connectivity index (χ4n) is 3.73. The van der Waals surface area contributed by atoms with Crippen molar-refractivity contribution in [1.29, 1.82) is 0 Å². The van der Waals surface area contributed by atoms with Crippen LogP contribution < -0.4 is 5.56 Å². The number of hydrogen-bond acceptors (Lipinski definition) is 4. The van der Waals surface area contributed by atoms with Gasteiger partial charge in [0.25, 0.3) is 5.56 Å². The molecule has 32 heavy (non-hydrogen) atoms. The number of nitrogens with zero attached hydrogens (tertiary/aromatic N) is 1. The van der Waals surface area contributed by atoms with Crippen LogP contribution in [0.3, 0.4) is 0 Å². The van der Waals surface area contributed by atoms with Crippen LogP contribution in [-0.2, 0) is 22.0 Å². The van der Waals surface area contributed by atoms with Crippen LogP contribution in [0.1, 0.15) is 49.4 Å². The van der Waals surface area contributed by atoms with E-state index in [0.29, 0.717) is 5.56 Å². The van der Waals surface area contributed by atoms with Gasteiger partial charge in [0.1, 0.15) is 0 Å². The lowest BCUT2D eigenvalue weighted by atomic mass is 9.87. The van der Waals surface area contributed by atoms with Crippen molar-refractivity contribution in [2.45, 2.75) is 57.9 Å². The van der Waals surface area contributed by atoms with E-state index in [2.05, 4.69) is 25.8 Å². The maximum absolute atomic E-state index is 13.4. The highest BCUT2D eigenvalue weighted by molar-refractivity contribution is 7.89. The van der Waals surface area contributed by atoms with E-state index < -0.39 is 10.0 Å². The third kappa shape index (κ3) is 4.95. The first-order valence-electron chi connectivity index (χ1n) is 10.8. The average Bonchev–Trinajstić information content (AvgIpc) is 2.74. The molecule has 2 aromatic carbocycles. The molecule has 0 saturated heterocycles. The highest BCUT2D eigenvalue weighted by Crippen LogP contribution is 2.26. The summed E-state index contributed by atoms with van der Waals surface area (Å²) in [5.41, 5.74) is 3.74. The fraction of sp³-hybridized carbons (Fsp3) is 0.400. The lowest BCUT2D eigenvalue weighted by molar-refractivity contribution is 0.267. The first-order valence-corrected chi connectivity index (χ1v) is 12.2. The van der Waals surface area contributed by atoms with E-state index in [1.165, 1.54) is 4.31 Å². The molecule has 3 aromatic rings. The molecule has 172 valence electrons. The van der Waals surface area contributed by atoms with E-state index in [9.17, 15) is 18.3 Å². The molecule has 0 amide bonds. The first-order chi connectivity index (χ1) is 14.9. The summed E-state index contributed by atoms with van der Waals surface area (Å²) in [4.78, 5) is 15.9. The quantitative estimate of drug-likeness (QED) is 0.562. The molecule has 0 saturated carbocycles. The van der Waals surface area contributed by atoms with Crippen LogP contribution in [0, 0.1) is 13.8 Å². The predicted octanol–water partition coefficient (Wildman–Crippen LogP) is 4.02. The lowest BCUT2D eigenvalue weighted by Crippen LogP contribution is -2.34. The Morgan fingerprint density at radius 1 is 1.00 bits per heavy atom. The van der Waals surface area contributed by atoms with Gasteiger partial charge < -0.3 is 10.1 Å². The summed E-state index contributed by atoms with van der Waals surface area (Å²) >= 11 is 0. The largest absolute Gasteiger partial charge is 0.396 e. The number of hydrogen-bond donors (Lipinski definition) is 2. The highest BCUT2D eigenvalue weighted by atomic mass is 32.2. The summed E-state index contributed by atoms with van der Waals surface area (Å²) < 4.78 is 28.1. The number of aliphatic hydroxyl groups is 1. The second-order valence-corrected chi connectivity index (χ2v) is 11.2. The van der Waals surface area contributed by atoms with Crippen molar-refractivity contribution in [2.24, 2.45) is 0 Å². The predicted molar refractivity (Wildman–Crippen MR) is 128 cm³/mol. The van der Waals surface area contributed by atoms with Crippen molar-refractivity contribution >= 4 is 20.9 Å². The standard InChI is InChI=1S/C25H32N2O4S/c1-17-7-8-18(2)23-22(17)15-19(24(29)26-23)16-27(13-6-14-28)32(30,31)21-11-9-20(10-12-21)25(3,4)5/h7-12,15,28H,6,13-14,16H2,1-5H3,(H,26,29). The van der Waals surface area contributed by atoms with Gasteiger partial charge in [-0.3, -0.25) is 4.79 Å². The van der Waals surface area contributed by atoms with E-state index in [1.807, 2.05) is 38.1 Å². The van der Waals surface area contributed by atoms with Crippen molar-refractivity contribution < 1.29 is 13.5 Å². The van der Waals surface area contributed by atoms with Gasteiger partial charge in [-0.1, -0.05) is 45.0 Å². The summed E-state index contributed by atoms with van der Waals surface area (Å²) in [6, 6.07) is 12.6. The molecule has 0 unspecified atom stereocenters. The van der Waals surface area contributed by atoms with E-state index in [0.717, 1.165) is 27.6 Å². The molecule has 0 atom stereocenters. The number of aryl methyl sites for hydroxylation is 2. The summed E-state index contributed by atoms with van der Waals surface area (Å²) in [7, 11) is -3.85. The van der Waals surface area contributed by atoms with Crippen molar-refractivity contribution in [2.75, 3.05) is 13.2 Å². The number of aromatic nitrogens is 1. The second kappa shape index (κ2) is 9.17. The highest BCUT2D eigenvalue weighted by Gasteiger charge is 2.26. The Hall–Kier alpha value is -2.48. The molecule has 0 fully saturated rings. The number of aromatic amines is 1. The summed E-state index contributed by atoms with van der Waals surface area (Å²) in [5, 5.41) is 10.2. The summed E-state index contributed by atoms with van der Waals surface area (Å²) in [5.74, 6) is 0. The Labute approximate surface area is 190 Å². The van der Waals surface area contributed by atoms with Crippen LogP contribution >= 0.6 is 0 Å². The third-order valence-electron chi connectivity index (χ3n) is 5.79. The smallest absolute Gasteiger partial charge is 0.252 e. The molecule has 0 spiro atoms. The van der Waals surface area contributed by atoms with Crippen LogP contribution in [0.4, 0.5) is 0 Å². The Morgan fingerprint density at radius 3 is 2.22 bits per heavy atom. The molecule has 6 nitrogen and oxygen atoms in total. The topological polar surface area (TPSA) is 90.5 Å². The van der Waals surface area contributed by atoms with Crippen molar-refractivity contribution in [3.05, 3.63) is 75.1 Å². The summed E-state index contributed by atoms with van der Waals surface area (Å²) in [6.45, 7) is 10.0. The second-order valence-electron chi connectivity index (χ2n) is 9.30. The molecule has 3 rings (SSSR count). The molecule has 0 aliphatic rings. The van der Waals surface area contributed by atoms with Gasteiger partial charge in [-0.15, -0.1) is 0 Å². The van der Waals surface area contributed by atoms with Crippen molar-refractivity contribution in [3.8, 4) is 0 Å². The van der Waals surface area contributed by atoms with Crippen LogP contribution in [-0.4, -0.2) is 36.0 Å². The van der Waals surface area contributed by atoms with Gasteiger partial charge in [0.05, 0.1) is 10.4 Å². The van der Waals surface area contributed by atoms with Gasteiger partial charge in [0, 0.05) is 30.6 Å². The third-order valence-corrected chi connectivity index (χ3v) is 7.65. The van der Waals surface area contributed by atoms with E-state index in [1.54, 1.807) is 18.2 Å². The average molecular weight is 457 g/mol. The minimum Gasteiger partial charge on any atom is -0.396 e. The van der Waals surface area contributed by atoms with Gasteiger partial charge in [-0.05, 0) is 60.6 Å². The van der Waals surface area contributed by atoms with E-state index in [-0.39, 0.29) is 42.0 Å². The zero-order valence-corrected chi connectivity index (χ0v) is 20.2. The number of aliphatic hydroxyl groups excluding tert-OH is 1. The molecule has 7 heteroatoms. The minimum atomic E-state index is -3.85. The van der Waals surface area contributed by atoms with E-state index in [4.69, 9.17) is 0 Å². The molecule has 0 radical (unpaired) electrons. The molecule has 0 aliphatic carbocycles. The van der Waals surface area contributed by atoms with Crippen LogP contribution in [0.25, 0.3) is 10.9 Å². The Morgan fingerprint density at radius 2 is 1.62 bits per heavy atom. The fourth-order valence-corrected chi connectivity index (χ4v) is 5.19. The minimum absolute atomic E-state index is 0.0674. The van der Waals surface area contributed by atoms with Gasteiger partial charge in [0.2, 0.25) is 10.0 Å². The number of H-pyrrole nitrogens is 1. The Balaban J connectivity index is 2.02. The lowest BCUT2D eigenvalue weighted by Gasteiger charge is -2.23. The molecule has 1 aromatic heterocycles. The zero-order chi connectivity index (χ0) is 23.7. The molecule has 2 N–H and O–H groups in total. The SMILES string of the molecule is Cc1ccc(C)c2[nH]c(=O)c(CN(CCCO)S(=O)(=O)c3ccc(C(C)(C)C)cc3)cc12. The monoisotopic (exact) mass is 456 g/mol. The molecular weight excluding hydrogens is 424 g/mol. The molecule has 0 aliphatic heterocycles. The van der Waals surface area contributed by atoms with Crippen molar-refractivity contribution in [1.82, 2.24) is 9.29 Å². The van der Waals surface area contributed by atoms with Crippen LogP contribution in [0.15, 0.2) is 52.2 Å². The van der Waals surface area contributed by atoms with Gasteiger partial charge in [-0.2, -0.15) is 4.31 Å². The van der Waals surface area contributed by atoms with Gasteiger partial charge in [-0.25, -0.2) is 8.42 Å². The maximum Gasteiger partial charge on any atom is 0.252 e. The summed E-state index contributed by atoms with van der Waals surface area (Å²) in [6.07, 6.45) is 0.281. The number of nitrogens with one attached hydrogen (secondary N) is 1.